The smallest absolute Gasteiger partial charge is 0.366 e. The summed E-state index contributed by atoms with van der Waals surface area (Å²) in [4.78, 5) is 11.4. The quantitative estimate of drug-likeness (QED) is 0.919. The van der Waals surface area contributed by atoms with E-state index in [-0.39, 0.29) is 5.56 Å². The van der Waals surface area contributed by atoms with Crippen LogP contribution in [-0.4, -0.2) is 5.91 Å². The first-order valence-corrected chi connectivity index (χ1v) is 6.42. The molecule has 0 bridgehead atoms. The van der Waals surface area contributed by atoms with E-state index in [2.05, 4.69) is 0 Å². The fourth-order valence-electron chi connectivity index (χ4n) is 2.12. The van der Waals surface area contributed by atoms with E-state index in [4.69, 9.17) is 5.73 Å². The number of benzene rings is 2. The molecule has 110 valence electrons. The molecule has 0 radical (unpaired) electrons. The maximum atomic E-state index is 12.7. The molecule has 0 aromatic heterocycles. The second-order valence-electron chi connectivity index (χ2n) is 4.72. The van der Waals surface area contributed by atoms with E-state index in [1.165, 1.54) is 6.07 Å². The number of alkyl halides is 3. The van der Waals surface area contributed by atoms with Crippen molar-refractivity contribution in [2.75, 3.05) is 0 Å². The van der Waals surface area contributed by atoms with Crippen LogP contribution in [0.2, 0.25) is 0 Å². The van der Waals surface area contributed by atoms with E-state index in [0.29, 0.717) is 18.4 Å². The molecule has 0 spiro atoms. The summed E-state index contributed by atoms with van der Waals surface area (Å²) in [5.41, 5.74) is 5.84. The number of carbonyl (C=O) groups is 1. The topological polar surface area (TPSA) is 43.1 Å². The van der Waals surface area contributed by atoms with Crippen LogP contribution >= 0.6 is 0 Å². The number of carbonyl (C=O) groups excluding carboxylic acids is 1. The Labute approximate surface area is 120 Å². The average molecular weight is 293 g/mol. The number of amides is 1. The van der Waals surface area contributed by atoms with Crippen LogP contribution in [0.4, 0.5) is 13.2 Å². The van der Waals surface area contributed by atoms with Gasteiger partial charge in [0.2, 0.25) is 5.91 Å². The maximum absolute atomic E-state index is 12.7. The molecular formula is C16H14F3NO. The van der Waals surface area contributed by atoms with Crippen LogP contribution in [0.1, 0.15) is 27.0 Å². The Morgan fingerprint density at radius 1 is 1.00 bits per heavy atom. The molecule has 5 heteroatoms. The van der Waals surface area contributed by atoms with Crippen molar-refractivity contribution in [3.05, 3.63) is 70.8 Å². The lowest BCUT2D eigenvalue weighted by molar-refractivity contribution is -0.137. The first-order valence-electron chi connectivity index (χ1n) is 6.42. The van der Waals surface area contributed by atoms with E-state index < -0.39 is 17.6 Å². The molecule has 21 heavy (non-hydrogen) atoms. The number of nitrogens with two attached hydrogens (primary N) is 1. The summed E-state index contributed by atoms with van der Waals surface area (Å²) < 4.78 is 38.0. The predicted molar refractivity (Wildman–Crippen MR) is 73.8 cm³/mol. The Hall–Kier alpha value is -2.30. The first-order chi connectivity index (χ1) is 9.88. The second kappa shape index (κ2) is 5.99. The number of hydrogen-bond donors (Lipinski definition) is 1. The highest BCUT2D eigenvalue weighted by atomic mass is 19.4. The van der Waals surface area contributed by atoms with Gasteiger partial charge in [0.1, 0.15) is 0 Å². The van der Waals surface area contributed by atoms with Gasteiger partial charge < -0.3 is 5.73 Å². The van der Waals surface area contributed by atoms with E-state index in [0.717, 1.165) is 17.7 Å². The van der Waals surface area contributed by atoms with Gasteiger partial charge in [0.25, 0.3) is 0 Å². The largest absolute Gasteiger partial charge is 0.416 e. The zero-order valence-electron chi connectivity index (χ0n) is 11.2. The van der Waals surface area contributed by atoms with Crippen molar-refractivity contribution in [3.8, 4) is 0 Å². The third-order valence-corrected chi connectivity index (χ3v) is 3.23. The maximum Gasteiger partial charge on any atom is 0.416 e. The normalized spacial score (nSPS) is 11.4. The molecule has 2 aromatic carbocycles. The molecule has 0 heterocycles. The summed E-state index contributed by atoms with van der Waals surface area (Å²) in [5.74, 6) is -0.843. The average Bonchev–Trinajstić information content (AvgIpc) is 2.45. The Morgan fingerprint density at radius 3 is 2.24 bits per heavy atom. The lowest BCUT2D eigenvalue weighted by Crippen LogP contribution is -2.16. The van der Waals surface area contributed by atoms with Crippen LogP contribution in [0, 0.1) is 0 Å². The van der Waals surface area contributed by atoms with Crippen LogP contribution in [0.15, 0.2) is 48.5 Å². The molecule has 2 nitrogen and oxygen atoms in total. The highest BCUT2D eigenvalue weighted by molar-refractivity contribution is 5.94. The van der Waals surface area contributed by atoms with E-state index in [9.17, 15) is 18.0 Å². The summed E-state index contributed by atoms with van der Waals surface area (Å²) in [6, 6.07) is 12.6. The molecule has 0 aliphatic heterocycles. The molecule has 1 amide bonds. The fraction of sp³-hybridized carbons (Fsp3) is 0.188. The molecule has 0 saturated carbocycles. The monoisotopic (exact) mass is 293 g/mol. The van der Waals surface area contributed by atoms with Crippen LogP contribution < -0.4 is 5.73 Å². The van der Waals surface area contributed by atoms with Crippen LogP contribution in [-0.2, 0) is 19.0 Å². The summed E-state index contributed by atoms with van der Waals surface area (Å²) in [5, 5.41) is 0. The highest BCUT2D eigenvalue weighted by Gasteiger charge is 2.31. The summed E-state index contributed by atoms with van der Waals surface area (Å²) in [6.45, 7) is 0. The van der Waals surface area contributed by atoms with Crippen molar-refractivity contribution in [2.24, 2.45) is 5.73 Å². The lowest BCUT2D eigenvalue weighted by atomic mass is 9.97. The fourth-order valence-corrected chi connectivity index (χ4v) is 2.12. The molecule has 0 saturated heterocycles. The van der Waals surface area contributed by atoms with E-state index in [1.807, 2.05) is 30.3 Å². The van der Waals surface area contributed by atoms with Gasteiger partial charge in [-0.05, 0) is 36.1 Å². The van der Waals surface area contributed by atoms with E-state index in [1.54, 1.807) is 0 Å². The van der Waals surface area contributed by atoms with Crippen LogP contribution in [0.25, 0.3) is 0 Å². The minimum Gasteiger partial charge on any atom is -0.366 e. The minimum atomic E-state index is -4.48. The van der Waals surface area contributed by atoms with Gasteiger partial charge in [0.15, 0.2) is 0 Å². The molecule has 0 unspecified atom stereocenters. The van der Waals surface area contributed by atoms with Crippen LogP contribution in [0.5, 0.6) is 0 Å². The van der Waals surface area contributed by atoms with Gasteiger partial charge in [-0.1, -0.05) is 36.4 Å². The second-order valence-corrected chi connectivity index (χ2v) is 4.72. The Morgan fingerprint density at radius 2 is 1.67 bits per heavy atom. The Bertz CT molecular complexity index is 636. The van der Waals surface area contributed by atoms with Crippen molar-refractivity contribution >= 4 is 5.91 Å². The number of hydrogen-bond acceptors (Lipinski definition) is 1. The van der Waals surface area contributed by atoms with E-state index >= 15 is 0 Å². The Balaban J connectivity index is 2.25. The standard InChI is InChI=1S/C16H14F3NO/c17-16(18,19)13-9-8-12(14(10-13)15(20)21)7-6-11-4-2-1-3-5-11/h1-5,8-10H,6-7H2,(H2,20,21). The summed E-state index contributed by atoms with van der Waals surface area (Å²) in [6.07, 6.45) is -3.39. The number of aryl methyl sites for hydroxylation is 2. The molecule has 0 aliphatic rings. The zero-order valence-corrected chi connectivity index (χ0v) is 11.2. The predicted octanol–water partition coefficient (Wildman–Crippen LogP) is 3.59. The molecular weight excluding hydrogens is 279 g/mol. The molecule has 0 atom stereocenters. The van der Waals surface area contributed by atoms with Crippen molar-refractivity contribution in [3.63, 3.8) is 0 Å². The zero-order chi connectivity index (χ0) is 15.5. The highest BCUT2D eigenvalue weighted by Crippen LogP contribution is 2.30. The van der Waals surface area contributed by atoms with Gasteiger partial charge in [-0.3, -0.25) is 4.79 Å². The van der Waals surface area contributed by atoms with Gasteiger partial charge in [0.05, 0.1) is 5.56 Å². The minimum absolute atomic E-state index is 0.0687. The molecule has 0 fully saturated rings. The number of primary amides is 1. The van der Waals surface area contributed by atoms with Crippen molar-refractivity contribution in [2.45, 2.75) is 19.0 Å². The van der Waals surface area contributed by atoms with Crippen molar-refractivity contribution in [1.82, 2.24) is 0 Å². The number of halogens is 3. The van der Waals surface area contributed by atoms with Gasteiger partial charge >= 0.3 is 6.18 Å². The van der Waals surface area contributed by atoms with Crippen molar-refractivity contribution in [1.29, 1.82) is 0 Å². The molecule has 2 aromatic rings. The number of rotatable bonds is 4. The first kappa shape index (κ1) is 15.1. The molecule has 2 N–H and O–H groups in total. The molecule has 0 aliphatic carbocycles. The summed E-state index contributed by atoms with van der Waals surface area (Å²) in [7, 11) is 0. The third-order valence-electron chi connectivity index (χ3n) is 3.23. The van der Waals surface area contributed by atoms with Crippen molar-refractivity contribution < 1.29 is 18.0 Å². The Kier molecular flexibility index (Phi) is 4.31. The van der Waals surface area contributed by atoms with Gasteiger partial charge in [-0.15, -0.1) is 0 Å². The van der Waals surface area contributed by atoms with Gasteiger partial charge in [0, 0.05) is 5.56 Å². The summed E-state index contributed by atoms with van der Waals surface area (Å²) >= 11 is 0. The lowest BCUT2D eigenvalue weighted by Gasteiger charge is -2.11. The molecule has 2 rings (SSSR count). The van der Waals surface area contributed by atoms with Gasteiger partial charge in [-0.2, -0.15) is 13.2 Å². The SMILES string of the molecule is NC(=O)c1cc(C(F)(F)F)ccc1CCc1ccccc1. The van der Waals surface area contributed by atoms with Crippen LogP contribution in [0.3, 0.4) is 0 Å². The third kappa shape index (κ3) is 3.84. The van der Waals surface area contributed by atoms with Gasteiger partial charge in [-0.25, -0.2) is 0 Å².